The summed E-state index contributed by atoms with van der Waals surface area (Å²) in [5.74, 6) is -1.25. The van der Waals surface area contributed by atoms with Gasteiger partial charge in [0.25, 0.3) is 0 Å². The molecular weight excluding hydrogens is 660 g/mol. The largest absolute Gasteiger partial charge is 0.496 e. The fraction of sp³-hybridized carbons (Fsp3) is 0.147. The number of benzene rings is 4. The maximum absolute atomic E-state index is 14.8. The van der Waals surface area contributed by atoms with Crippen molar-refractivity contribution < 1.29 is 19.1 Å². The van der Waals surface area contributed by atoms with Crippen molar-refractivity contribution in [3.63, 3.8) is 0 Å². The Kier molecular flexibility index (Phi) is 6.44. The number of anilines is 1. The van der Waals surface area contributed by atoms with E-state index in [-0.39, 0.29) is 17.5 Å². The summed E-state index contributed by atoms with van der Waals surface area (Å²) in [6.07, 6.45) is 3.83. The van der Waals surface area contributed by atoms with Crippen LogP contribution in [-0.4, -0.2) is 35.5 Å². The van der Waals surface area contributed by atoms with Crippen molar-refractivity contribution in [3.05, 3.63) is 134 Å². The van der Waals surface area contributed by atoms with E-state index in [0.717, 1.165) is 21.2 Å². The third-order valence-corrected chi connectivity index (χ3v) is 9.83. The number of halogens is 2. The Bertz CT molecular complexity index is 1820. The van der Waals surface area contributed by atoms with Crippen LogP contribution in [0.4, 0.5) is 5.69 Å². The third kappa shape index (κ3) is 3.78. The van der Waals surface area contributed by atoms with Crippen LogP contribution in [0, 0.1) is 5.92 Å². The minimum atomic E-state index is -1.37. The number of ketones is 2. The van der Waals surface area contributed by atoms with Crippen molar-refractivity contribution in [2.24, 2.45) is 5.92 Å². The molecule has 7 rings (SSSR count). The molecule has 3 heterocycles. The van der Waals surface area contributed by atoms with Gasteiger partial charge in [-0.1, -0.05) is 70.5 Å². The van der Waals surface area contributed by atoms with Gasteiger partial charge in [0.1, 0.15) is 17.2 Å². The number of fused-ring (bicyclic) bond motifs is 6. The first kappa shape index (κ1) is 26.9. The number of nitrogens with zero attached hydrogens (tertiary/aromatic N) is 1. The van der Waals surface area contributed by atoms with Crippen molar-refractivity contribution in [2.45, 2.75) is 17.5 Å². The molecule has 1 spiro atoms. The van der Waals surface area contributed by atoms with Crippen molar-refractivity contribution in [3.8, 4) is 5.75 Å². The van der Waals surface area contributed by atoms with E-state index < -0.39 is 23.4 Å². The summed E-state index contributed by atoms with van der Waals surface area (Å²) in [5, 5.41) is 3.08. The van der Waals surface area contributed by atoms with Crippen LogP contribution in [0.2, 0.25) is 0 Å². The summed E-state index contributed by atoms with van der Waals surface area (Å²) >= 11 is 6.97. The lowest BCUT2D eigenvalue weighted by atomic mass is 9.62. The van der Waals surface area contributed by atoms with Gasteiger partial charge in [0, 0.05) is 27.5 Å². The van der Waals surface area contributed by atoms with Gasteiger partial charge in [0.15, 0.2) is 11.6 Å². The Morgan fingerprint density at radius 3 is 2.36 bits per heavy atom. The van der Waals surface area contributed by atoms with Crippen LogP contribution < -0.4 is 10.1 Å². The molecule has 0 saturated carbocycles. The van der Waals surface area contributed by atoms with Crippen LogP contribution in [0.5, 0.6) is 5.75 Å². The fourth-order valence-electron chi connectivity index (χ4n) is 6.95. The number of nitrogens with one attached hydrogen (secondary N) is 1. The second-order valence-corrected chi connectivity index (χ2v) is 12.4. The second-order valence-electron chi connectivity index (χ2n) is 10.7. The highest BCUT2D eigenvalue weighted by Crippen LogP contribution is 2.62. The zero-order valence-electron chi connectivity index (χ0n) is 22.4. The summed E-state index contributed by atoms with van der Waals surface area (Å²) in [6.45, 7) is 0. The molecule has 4 aromatic rings. The lowest BCUT2D eigenvalue weighted by Crippen LogP contribution is -2.49. The molecule has 6 nitrogen and oxygen atoms in total. The highest BCUT2D eigenvalue weighted by atomic mass is 79.9. The van der Waals surface area contributed by atoms with Gasteiger partial charge < -0.3 is 15.0 Å². The number of carbonyl (C=O) groups is 3. The minimum absolute atomic E-state index is 0.253. The molecule has 0 unspecified atom stereocenters. The molecule has 208 valence electrons. The van der Waals surface area contributed by atoms with E-state index in [2.05, 4.69) is 37.2 Å². The van der Waals surface area contributed by atoms with Crippen LogP contribution in [0.25, 0.3) is 6.08 Å². The fourth-order valence-corrected chi connectivity index (χ4v) is 7.76. The average Bonchev–Trinajstić information content (AvgIpc) is 3.49. The van der Waals surface area contributed by atoms with E-state index in [0.29, 0.717) is 27.0 Å². The molecule has 3 aliphatic heterocycles. The first-order valence-electron chi connectivity index (χ1n) is 13.5. The van der Waals surface area contributed by atoms with Crippen LogP contribution in [0.1, 0.15) is 43.4 Å². The topological polar surface area (TPSA) is 75.7 Å². The van der Waals surface area contributed by atoms with E-state index >= 15 is 0 Å². The van der Waals surface area contributed by atoms with Crippen molar-refractivity contribution in [2.75, 3.05) is 12.4 Å². The molecular formula is C34H24Br2N2O4. The van der Waals surface area contributed by atoms with Crippen LogP contribution in [-0.2, 0) is 10.2 Å². The molecule has 0 radical (unpaired) electrons. The van der Waals surface area contributed by atoms with E-state index in [1.165, 1.54) is 0 Å². The van der Waals surface area contributed by atoms with Gasteiger partial charge in [0.2, 0.25) is 5.91 Å². The highest BCUT2D eigenvalue weighted by Gasteiger charge is 2.70. The van der Waals surface area contributed by atoms with Gasteiger partial charge in [-0.2, -0.15) is 0 Å². The molecule has 4 atom stereocenters. The Morgan fingerprint density at radius 2 is 1.60 bits per heavy atom. The van der Waals surface area contributed by atoms with E-state index in [9.17, 15) is 14.4 Å². The van der Waals surface area contributed by atoms with Crippen molar-refractivity contribution >= 4 is 61.1 Å². The number of para-hydroxylation sites is 1. The number of methoxy groups -OCH3 is 1. The molecule has 4 aromatic carbocycles. The SMILES string of the molecule is COc1ccc(C(=O)[C@@H]2[C@H](C(=O)c3ccc(Br)cc3)[C@@]3(C(=O)Nc4ccccc43)[C@H]3c4ccccc4C=CN23)cc1Br. The van der Waals surface area contributed by atoms with E-state index in [1.54, 1.807) is 49.6 Å². The number of amides is 1. The van der Waals surface area contributed by atoms with Gasteiger partial charge in [-0.15, -0.1) is 0 Å². The first-order chi connectivity index (χ1) is 20.4. The number of rotatable bonds is 5. The highest BCUT2D eigenvalue weighted by molar-refractivity contribution is 9.10. The Hall–Kier alpha value is -4.01. The van der Waals surface area contributed by atoms with Crippen LogP contribution in [0.3, 0.4) is 0 Å². The summed E-state index contributed by atoms with van der Waals surface area (Å²) < 4.78 is 6.85. The summed E-state index contributed by atoms with van der Waals surface area (Å²) in [4.78, 5) is 46.0. The minimum Gasteiger partial charge on any atom is -0.496 e. The third-order valence-electron chi connectivity index (χ3n) is 8.69. The summed E-state index contributed by atoms with van der Waals surface area (Å²) in [5.41, 5.74) is 2.70. The monoisotopic (exact) mass is 682 g/mol. The van der Waals surface area contributed by atoms with Gasteiger partial charge in [-0.05, 0) is 75.1 Å². The number of ether oxygens (including phenoxy) is 1. The van der Waals surface area contributed by atoms with E-state index in [1.807, 2.05) is 65.7 Å². The second kappa shape index (κ2) is 10.1. The lowest BCUT2D eigenvalue weighted by molar-refractivity contribution is -0.122. The number of carbonyl (C=O) groups excluding carboxylic acids is 3. The number of Topliss-reactive ketones (excluding diaryl/α,β-unsaturated/α-hetero) is 2. The molecule has 8 heteroatoms. The molecule has 1 N–H and O–H groups in total. The molecule has 0 bridgehead atoms. The molecule has 0 aromatic heterocycles. The zero-order valence-corrected chi connectivity index (χ0v) is 25.6. The molecule has 1 amide bonds. The summed E-state index contributed by atoms with van der Waals surface area (Å²) in [7, 11) is 1.56. The van der Waals surface area contributed by atoms with Crippen molar-refractivity contribution in [1.82, 2.24) is 4.90 Å². The van der Waals surface area contributed by atoms with Crippen LogP contribution >= 0.6 is 31.9 Å². The van der Waals surface area contributed by atoms with Crippen LogP contribution in [0.15, 0.2) is 106 Å². The summed E-state index contributed by atoms with van der Waals surface area (Å²) in [6, 6.07) is 26.1. The predicted molar refractivity (Wildman–Crippen MR) is 168 cm³/mol. The maximum Gasteiger partial charge on any atom is 0.238 e. The first-order valence-corrected chi connectivity index (χ1v) is 15.1. The normalized spacial score (nSPS) is 23.3. The van der Waals surface area contributed by atoms with Gasteiger partial charge >= 0.3 is 0 Å². The lowest BCUT2D eigenvalue weighted by Gasteiger charge is -2.38. The van der Waals surface area contributed by atoms with Gasteiger partial charge in [-0.25, -0.2) is 0 Å². The molecule has 1 saturated heterocycles. The molecule has 42 heavy (non-hydrogen) atoms. The molecule has 3 aliphatic rings. The van der Waals surface area contributed by atoms with E-state index in [4.69, 9.17) is 4.74 Å². The molecule has 1 fully saturated rings. The molecule has 0 aliphatic carbocycles. The van der Waals surface area contributed by atoms with Gasteiger partial charge in [0.05, 0.1) is 23.5 Å². The Morgan fingerprint density at radius 1 is 0.881 bits per heavy atom. The number of hydrogen-bond acceptors (Lipinski definition) is 5. The quantitative estimate of drug-likeness (QED) is 0.225. The average molecular weight is 684 g/mol. The standard InChI is InChI=1S/C34H24Br2N2O4/c1-42-27-15-12-21(18-25(27)36)31(40)29-28(30(39)20-10-13-22(35)14-11-20)34(24-8-4-5-9-26(24)37-33(34)41)32-23-7-3-2-6-19(23)16-17-38(29)32/h2-18,28-29,32H,1H3,(H,37,41)/t28-,29+,32-,34-/m1/s1. The predicted octanol–water partition coefficient (Wildman–Crippen LogP) is 7.20. The zero-order chi connectivity index (χ0) is 29.2. The van der Waals surface area contributed by atoms with Crippen molar-refractivity contribution in [1.29, 1.82) is 0 Å². The Labute approximate surface area is 259 Å². The van der Waals surface area contributed by atoms with Gasteiger partial charge in [-0.3, -0.25) is 14.4 Å². The smallest absolute Gasteiger partial charge is 0.238 e. The Balaban J connectivity index is 1.52. The number of hydrogen-bond donors (Lipinski definition) is 1. The maximum atomic E-state index is 14.8.